The van der Waals surface area contributed by atoms with Gasteiger partial charge in [0.15, 0.2) is 0 Å². The Morgan fingerprint density at radius 1 is 1.13 bits per heavy atom. The summed E-state index contributed by atoms with van der Waals surface area (Å²) in [6.45, 7) is 6.21. The van der Waals surface area contributed by atoms with Crippen LogP contribution in [0.3, 0.4) is 0 Å². The lowest BCUT2D eigenvalue weighted by molar-refractivity contribution is 0.102. The number of hydrogen-bond acceptors (Lipinski definition) is 2. The molecule has 0 aliphatic rings. The molecule has 2 aromatic carbocycles. The summed E-state index contributed by atoms with van der Waals surface area (Å²) in [4.78, 5) is 13.7. The van der Waals surface area contributed by atoms with E-state index in [2.05, 4.69) is 30.4 Å². The predicted octanol–water partition coefficient (Wildman–Crippen LogP) is 5.72. The Bertz CT molecular complexity index is 863. The normalized spacial score (nSPS) is 10.9. The fourth-order valence-corrected chi connectivity index (χ4v) is 3.98. The molecule has 0 atom stereocenters. The highest BCUT2D eigenvalue weighted by Gasteiger charge is 2.18. The van der Waals surface area contributed by atoms with Crippen LogP contribution in [0.1, 0.15) is 39.7 Å². The molecule has 0 fully saturated rings. The van der Waals surface area contributed by atoms with Gasteiger partial charge in [-0.3, -0.25) is 4.79 Å². The SMILES string of the molecule is CCCc1c(C(=O)Nc2cc(C)ccc2C)sc2ccccc12. The van der Waals surface area contributed by atoms with Gasteiger partial charge in [-0.05, 0) is 54.5 Å². The molecule has 1 amide bonds. The van der Waals surface area contributed by atoms with E-state index in [0.29, 0.717) is 0 Å². The van der Waals surface area contributed by atoms with E-state index in [1.165, 1.54) is 15.6 Å². The minimum Gasteiger partial charge on any atom is -0.321 e. The third-order valence-electron chi connectivity index (χ3n) is 4.05. The van der Waals surface area contributed by atoms with Crippen molar-refractivity contribution in [1.29, 1.82) is 0 Å². The molecular formula is C20H21NOS. The number of benzene rings is 2. The quantitative estimate of drug-likeness (QED) is 0.653. The van der Waals surface area contributed by atoms with Gasteiger partial charge in [-0.15, -0.1) is 11.3 Å². The first kappa shape index (κ1) is 15.8. The number of hydrogen-bond donors (Lipinski definition) is 1. The molecule has 0 bridgehead atoms. The van der Waals surface area contributed by atoms with Crippen LogP contribution in [-0.4, -0.2) is 5.91 Å². The maximum Gasteiger partial charge on any atom is 0.266 e. The fourth-order valence-electron chi connectivity index (χ4n) is 2.83. The van der Waals surface area contributed by atoms with Crippen molar-refractivity contribution in [3.8, 4) is 0 Å². The summed E-state index contributed by atoms with van der Waals surface area (Å²) >= 11 is 1.59. The number of carbonyl (C=O) groups is 1. The predicted molar refractivity (Wildman–Crippen MR) is 99.7 cm³/mol. The van der Waals surface area contributed by atoms with Gasteiger partial charge in [0, 0.05) is 10.4 Å². The van der Waals surface area contributed by atoms with Crippen molar-refractivity contribution in [3.63, 3.8) is 0 Å². The first-order chi connectivity index (χ1) is 11.1. The Kier molecular flexibility index (Phi) is 4.49. The van der Waals surface area contributed by atoms with Crippen LogP contribution in [-0.2, 0) is 6.42 Å². The first-order valence-electron chi connectivity index (χ1n) is 7.99. The number of rotatable bonds is 4. The van der Waals surface area contributed by atoms with Crippen molar-refractivity contribution < 1.29 is 4.79 Å². The van der Waals surface area contributed by atoms with Crippen LogP contribution in [0.4, 0.5) is 5.69 Å². The zero-order valence-electron chi connectivity index (χ0n) is 13.8. The standard InChI is InChI=1S/C20H21NOS/c1-4-7-16-15-8-5-6-9-18(15)23-19(16)20(22)21-17-12-13(2)10-11-14(17)3/h5-6,8-12H,4,7H2,1-3H3,(H,21,22). The lowest BCUT2D eigenvalue weighted by atomic mass is 10.1. The van der Waals surface area contributed by atoms with Crippen molar-refractivity contribution in [2.75, 3.05) is 5.32 Å². The average molecular weight is 323 g/mol. The molecule has 3 rings (SSSR count). The van der Waals surface area contributed by atoms with Gasteiger partial charge in [-0.25, -0.2) is 0 Å². The van der Waals surface area contributed by atoms with Crippen LogP contribution in [0.15, 0.2) is 42.5 Å². The highest BCUT2D eigenvalue weighted by Crippen LogP contribution is 2.33. The molecule has 2 nitrogen and oxygen atoms in total. The number of thiophene rings is 1. The number of fused-ring (bicyclic) bond motifs is 1. The summed E-state index contributed by atoms with van der Waals surface area (Å²) < 4.78 is 1.18. The second kappa shape index (κ2) is 6.55. The second-order valence-corrected chi connectivity index (χ2v) is 6.98. The molecule has 1 N–H and O–H groups in total. The van der Waals surface area contributed by atoms with Crippen molar-refractivity contribution in [3.05, 3.63) is 64.0 Å². The molecule has 0 unspecified atom stereocenters. The Hall–Kier alpha value is -2.13. The largest absolute Gasteiger partial charge is 0.321 e. The van der Waals surface area contributed by atoms with E-state index in [-0.39, 0.29) is 5.91 Å². The Balaban J connectivity index is 2.00. The first-order valence-corrected chi connectivity index (χ1v) is 8.80. The van der Waals surface area contributed by atoms with E-state index in [0.717, 1.165) is 34.5 Å². The highest BCUT2D eigenvalue weighted by molar-refractivity contribution is 7.21. The Labute approximate surface area is 141 Å². The lowest BCUT2D eigenvalue weighted by Crippen LogP contribution is -2.13. The van der Waals surface area contributed by atoms with E-state index < -0.39 is 0 Å². The van der Waals surface area contributed by atoms with Gasteiger partial charge in [0.2, 0.25) is 0 Å². The third kappa shape index (κ3) is 3.15. The summed E-state index contributed by atoms with van der Waals surface area (Å²) in [5.41, 5.74) is 4.31. The molecule has 3 aromatic rings. The van der Waals surface area contributed by atoms with Crippen LogP contribution in [0.2, 0.25) is 0 Å². The van der Waals surface area contributed by atoms with Crippen molar-refractivity contribution in [2.24, 2.45) is 0 Å². The van der Waals surface area contributed by atoms with Crippen molar-refractivity contribution >= 4 is 33.0 Å². The average Bonchev–Trinajstić information content (AvgIpc) is 2.90. The Morgan fingerprint density at radius 3 is 2.70 bits per heavy atom. The van der Waals surface area contributed by atoms with E-state index in [9.17, 15) is 4.79 Å². The number of carbonyl (C=O) groups excluding carboxylic acids is 1. The van der Waals surface area contributed by atoms with Crippen molar-refractivity contribution in [2.45, 2.75) is 33.6 Å². The minimum atomic E-state index is 0.00310. The number of anilines is 1. The minimum absolute atomic E-state index is 0.00310. The van der Waals surface area contributed by atoms with E-state index >= 15 is 0 Å². The maximum atomic E-state index is 12.8. The molecule has 0 spiro atoms. The molecule has 0 aliphatic heterocycles. The molecule has 1 aromatic heterocycles. The van der Waals surface area contributed by atoms with Gasteiger partial charge in [-0.1, -0.05) is 43.7 Å². The zero-order chi connectivity index (χ0) is 16.4. The summed E-state index contributed by atoms with van der Waals surface area (Å²) in [7, 11) is 0. The maximum absolute atomic E-state index is 12.8. The molecule has 1 heterocycles. The number of amides is 1. The molecule has 23 heavy (non-hydrogen) atoms. The van der Waals surface area contributed by atoms with Gasteiger partial charge >= 0.3 is 0 Å². The van der Waals surface area contributed by atoms with Gasteiger partial charge in [-0.2, -0.15) is 0 Å². The topological polar surface area (TPSA) is 29.1 Å². The summed E-state index contributed by atoms with van der Waals surface area (Å²) in [6.07, 6.45) is 1.96. The van der Waals surface area contributed by atoms with Gasteiger partial charge in [0.25, 0.3) is 5.91 Å². The molecule has 0 aliphatic carbocycles. The van der Waals surface area contributed by atoms with E-state index in [1.807, 2.05) is 38.1 Å². The summed E-state index contributed by atoms with van der Waals surface area (Å²) in [6, 6.07) is 14.4. The number of nitrogens with one attached hydrogen (secondary N) is 1. The summed E-state index contributed by atoms with van der Waals surface area (Å²) in [5, 5.41) is 4.31. The molecule has 0 saturated heterocycles. The molecule has 118 valence electrons. The number of aryl methyl sites for hydroxylation is 3. The van der Waals surface area contributed by atoms with Gasteiger partial charge in [0.05, 0.1) is 4.88 Å². The lowest BCUT2D eigenvalue weighted by Gasteiger charge is -2.09. The highest BCUT2D eigenvalue weighted by atomic mass is 32.1. The Morgan fingerprint density at radius 2 is 1.91 bits per heavy atom. The molecule has 3 heteroatoms. The zero-order valence-corrected chi connectivity index (χ0v) is 14.6. The summed E-state index contributed by atoms with van der Waals surface area (Å²) in [5.74, 6) is 0.00310. The monoisotopic (exact) mass is 323 g/mol. The van der Waals surface area contributed by atoms with E-state index in [4.69, 9.17) is 0 Å². The van der Waals surface area contributed by atoms with Crippen LogP contribution >= 0.6 is 11.3 Å². The third-order valence-corrected chi connectivity index (χ3v) is 5.26. The molecule has 0 radical (unpaired) electrons. The fraction of sp³-hybridized carbons (Fsp3) is 0.250. The van der Waals surface area contributed by atoms with E-state index in [1.54, 1.807) is 11.3 Å². The van der Waals surface area contributed by atoms with Gasteiger partial charge < -0.3 is 5.32 Å². The van der Waals surface area contributed by atoms with Crippen LogP contribution in [0.25, 0.3) is 10.1 Å². The van der Waals surface area contributed by atoms with Crippen molar-refractivity contribution in [1.82, 2.24) is 0 Å². The molecule has 0 saturated carbocycles. The van der Waals surface area contributed by atoms with Crippen LogP contribution < -0.4 is 5.32 Å². The molecular weight excluding hydrogens is 302 g/mol. The smallest absolute Gasteiger partial charge is 0.266 e. The van der Waals surface area contributed by atoms with Crippen LogP contribution in [0, 0.1) is 13.8 Å². The van der Waals surface area contributed by atoms with Crippen LogP contribution in [0.5, 0.6) is 0 Å². The second-order valence-electron chi connectivity index (χ2n) is 5.93. The van der Waals surface area contributed by atoms with Gasteiger partial charge in [0.1, 0.15) is 0 Å².